The summed E-state index contributed by atoms with van der Waals surface area (Å²) in [6.45, 7) is 0. The molecule has 0 saturated carbocycles. The molecule has 71 valence electrons. The van der Waals surface area contributed by atoms with Crippen LogP contribution in [0.2, 0.25) is 0 Å². The van der Waals surface area contributed by atoms with Gasteiger partial charge in [-0.05, 0) is 0 Å². The molecule has 0 aromatic carbocycles. The van der Waals surface area contributed by atoms with Gasteiger partial charge in [0, 0.05) is 0 Å². The van der Waals surface area contributed by atoms with Gasteiger partial charge in [-0.2, -0.15) is 0 Å². The monoisotopic (exact) mass is 267 g/mol. The molecule has 0 atom stereocenters. The molecule has 0 unspecified atom stereocenters. The molecule has 0 spiro atoms. The molecule has 0 aliphatic carbocycles. The van der Waals surface area contributed by atoms with E-state index < -0.39 is 14.5 Å². The first-order valence-electron chi connectivity index (χ1n) is 2.96. The molecule has 0 heterocycles. The maximum atomic E-state index is 10.6. The number of hydrogen-bond acceptors (Lipinski definition) is 6. The van der Waals surface area contributed by atoms with Crippen LogP contribution in [0.25, 0.3) is 0 Å². The van der Waals surface area contributed by atoms with Gasteiger partial charge >= 0.3 is 70.3 Å². The van der Waals surface area contributed by atoms with Gasteiger partial charge < -0.3 is 0 Å². The molecular formula is C6H6NbO6. The van der Waals surface area contributed by atoms with Crippen LogP contribution >= 0.6 is 0 Å². The van der Waals surface area contributed by atoms with E-state index >= 15 is 0 Å². The van der Waals surface area contributed by atoms with E-state index in [4.69, 9.17) is 0 Å². The predicted octanol–water partition coefficient (Wildman–Crippen LogP) is -1.65. The average Bonchev–Trinajstić information content (AvgIpc) is 2.26. The average molecular weight is 267 g/mol. The third kappa shape index (κ3) is 0.998. The van der Waals surface area contributed by atoms with E-state index in [0.29, 0.717) is 0 Å². The molecule has 0 fully saturated rings. The van der Waals surface area contributed by atoms with Gasteiger partial charge in [0.25, 0.3) is 0 Å². The van der Waals surface area contributed by atoms with Gasteiger partial charge in [-0.3, -0.25) is 0 Å². The summed E-state index contributed by atoms with van der Waals surface area (Å²) in [6, 6.07) is 0. The van der Waals surface area contributed by atoms with Crippen LogP contribution in [-0.2, 0) is 43.3 Å². The third-order valence-corrected chi connectivity index (χ3v) is 10.8. The molecule has 7 heteroatoms. The van der Waals surface area contributed by atoms with Crippen LogP contribution in [0.3, 0.4) is 0 Å². The van der Waals surface area contributed by atoms with Crippen LogP contribution in [0, 0.1) is 0 Å². The van der Waals surface area contributed by atoms with Gasteiger partial charge in [0.15, 0.2) is 0 Å². The van der Waals surface area contributed by atoms with Crippen LogP contribution in [0.4, 0.5) is 0 Å². The zero-order valence-corrected chi connectivity index (χ0v) is 8.56. The molecule has 0 saturated heterocycles. The van der Waals surface area contributed by atoms with Crippen molar-refractivity contribution in [2.24, 2.45) is 0 Å². The van der Waals surface area contributed by atoms with Crippen LogP contribution in [0.15, 0.2) is 0 Å². The second-order valence-electron chi connectivity index (χ2n) is 2.87. The molecule has 0 radical (unpaired) electrons. The van der Waals surface area contributed by atoms with Crippen LogP contribution in [0.1, 0.15) is 0 Å². The van der Waals surface area contributed by atoms with Crippen molar-refractivity contribution < 1.29 is 43.3 Å². The molecule has 0 aliphatic heterocycles. The first-order valence-corrected chi connectivity index (χ1v) is 10.6. The summed E-state index contributed by atoms with van der Waals surface area (Å²) in [5.41, 5.74) is 0. The van der Waals surface area contributed by atoms with Crippen molar-refractivity contribution in [1.29, 1.82) is 0 Å². The summed E-state index contributed by atoms with van der Waals surface area (Å²) >= 11 is -6.72. The number of carbonyl (C=O) groups excluding carboxylic acids is 6. The van der Waals surface area contributed by atoms with E-state index in [2.05, 4.69) is 0 Å². The molecule has 0 rings (SSSR count). The van der Waals surface area contributed by atoms with Crippen molar-refractivity contribution in [2.75, 3.05) is 0 Å². The Morgan fingerprint density at radius 3 is 0.615 bits per heavy atom. The fourth-order valence-corrected chi connectivity index (χ4v) is 2.20. The van der Waals surface area contributed by atoms with Gasteiger partial charge in [0.2, 0.25) is 0 Å². The zero-order chi connectivity index (χ0) is 10.7. The summed E-state index contributed by atoms with van der Waals surface area (Å²) < 4.78 is -2.33. The molecule has 0 aromatic rings. The summed E-state index contributed by atoms with van der Waals surface area (Å²) in [6.07, 6.45) is 0. The molecule has 0 bridgehead atoms. The summed E-state index contributed by atoms with van der Waals surface area (Å²) in [7, 11) is 0. The van der Waals surface area contributed by atoms with Crippen molar-refractivity contribution in [3.63, 3.8) is 0 Å². The standard InChI is InChI=1S/6CHO.Nb/c6*1-2;/h6*1H;. The van der Waals surface area contributed by atoms with E-state index in [1.807, 2.05) is 0 Å². The molecule has 6 nitrogen and oxygen atoms in total. The van der Waals surface area contributed by atoms with Crippen LogP contribution < -0.4 is 0 Å². The molecular weight excluding hydrogens is 261 g/mol. The van der Waals surface area contributed by atoms with Crippen molar-refractivity contribution >= 4 is 27.0 Å². The van der Waals surface area contributed by atoms with Gasteiger partial charge in [0.1, 0.15) is 0 Å². The Labute approximate surface area is 70.6 Å². The minimum absolute atomic E-state index is 0.388. The van der Waals surface area contributed by atoms with Crippen LogP contribution in [-0.4, -0.2) is 27.0 Å². The van der Waals surface area contributed by atoms with E-state index in [0.717, 1.165) is 0 Å². The molecule has 13 heavy (non-hydrogen) atoms. The summed E-state index contributed by atoms with van der Waals surface area (Å²) in [5.74, 6) is 0. The van der Waals surface area contributed by atoms with E-state index in [1.54, 1.807) is 0 Å². The Bertz CT molecular complexity index is 233. The Hall–Kier alpha value is -1.24. The number of carbonyl (C=O) groups is 6. The topological polar surface area (TPSA) is 102 Å². The summed E-state index contributed by atoms with van der Waals surface area (Å²) in [4.78, 5) is 63.3. The van der Waals surface area contributed by atoms with Crippen molar-refractivity contribution in [1.82, 2.24) is 0 Å². The normalized spacial score (nSPS) is 15.7. The van der Waals surface area contributed by atoms with Gasteiger partial charge in [-0.1, -0.05) is 0 Å². The van der Waals surface area contributed by atoms with Crippen molar-refractivity contribution in [3.05, 3.63) is 0 Å². The Morgan fingerprint density at radius 1 is 0.462 bits per heavy atom. The molecule has 0 amide bonds. The van der Waals surface area contributed by atoms with Crippen LogP contribution in [0.5, 0.6) is 0 Å². The minimum atomic E-state index is -6.72. The quantitative estimate of drug-likeness (QED) is 0.422. The SMILES string of the molecule is O=[CH][Nb]([CH]=O)([CH]=O)([CH]=O)([CH]=O)[CH]=O. The Balaban J connectivity index is 6.50. The number of hydrogen-bond donors (Lipinski definition) is 0. The van der Waals surface area contributed by atoms with Crippen molar-refractivity contribution in [3.8, 4) is 0 Å². The maximum absolute atomic E-state index is 10.6. The zero-order valence-electron chi connectivity index (χ0n) is 6.36. The first kappa shape index (κ1) is 11.8. The van der Waals surface area contributed by atoms with Crippen molar-refractivity contribution in [2.45, 2.75) is 0 Å². The van der Waals surface area contributed by atoms with E-state index in [-0.39, 0.29) is 27.0 Å². The van der Waals surface area contributed by atoms with Gasteiger partial charge in [-0.25, -0.2) is 0 Å². The molecule has 0 aromatic heterocycles. The second-order valence-corrected chi connectivity index (χ2v) is 17.0. The first-order chi connectivity index (χ1) is 5.97. The predicted molar refractivity (Wildman–Crippen MR) is 40.5 cm³/mol. The fourth-order valence-electron chi connectivity index (χ4n) is 0.373. The second kappa shape index (κ2) is 2.63. The third-order valence-electron chi connectivity index (χ3n) is 1.83. The van der Waals surface area contributed by atoms with Gasteiger partial charge in [0.05, 0.1) is 0 Å². The van der Waals surface area contributed by atoms with E-state index in [9.17, 15) is 28.8 Å². The summed E-state index contributed by atoms with van der Waals surface area (Å²) in [5, 5.41) is 0. The molecule has 0 N–H and O–H groups in total. The Kier molecular flexibility index (Phi) is 2.37. The number of rotatable bonds is 6. The molecule has 0 aliphatic rings. The fraction of sp³-hybridized carbons (Fsp3) is 0. The van der Waals surface area contributed by atoms with E-state index in [1.165, 1.54) is 0 Å². The Morgan fingerprint density at radius 2 is 0.615 bits per heavy atom. The van der Waals surface area contributed by atoms with Gasteiger partial charge in [-0.15, -0.1) is 0 Å².